The van der Waals surface area contributed by atoms with Gasteiger partial charge in [-0.25, -0.2) is 27.8 Å². The molecular weight excluding hydrogens is 641 g/mol. The number of fused-ring (bicyclic) bond motifs is 1. The van der Waals surface area contributed by atoms with Crippen molar-refractivity contribution in [2.24, 2.45) is 0 Å². The van der Waals surface area contributed by atoms with E-state index in [0.29, 0.717) is 18.1 Å². The maximum atomic E-state index is 13.5. The standard InChI is InChI=1S/C30H29BrFN5O3S2/c1-42(38,39)13-12-33-11-3-6-29-37-27(18-41-29)21-7-9-26-24(15-21)30(35-19-34-26)36-23-8-10-28(25(31)16-23)40-17-20-4-2-5-22(32)14-20/h2,4-5,7-10,14-16,18-19,33H,3,6,11-13,17H2,1H3,(H,34,35,36). The van der Waals surface area contributed by atoms with Gasteiger partial charge in [-0.3, -0.25) is 0 Å². The van der Waals surface area contributed by atoms with Crippen molar-refractivity contribution in [3.8, 4) is 17.0 Å². The smallest absolute Gasteiger partial charge is 0.148 e. The summed E-state index contributed by atoms with van der Waals surface area (Å²) in [5.41, 5.74) is 4.22. The molecule has 0 saturated heterocycles. The van der Waals surface area contributed by atoms with Gasteiger partial charge in [-0.2, -0.15) is 0 Å². The molecule has 0 amide bonds. The van der Waals surface area contributed by atoms with Gasteiger partial charge in [0, 0.05) is 41.2 Å². The summed E-state index contributed by atoms with van der Waals surface area (Å²) in [6, 6.07) is 18.0. The van der Waals surface area contributed by atoms with Gasteiger partial charge in [0.05, 0.1) is 26.4 Å². The van der Waals surface area contributed by atoms with Crippen LogP contribution in [0, 0.1) is 5.82 Å². The lowest BCUT2D eigenvalue weighted by atomic mass is 10.1. The first kappa shape index (κ1) is 30.0. The third-order valence-electron chi connectivity index (χ3n) is 6.35. The lowest BCUT2D eigenvalue weighted by Crippen LogP contribution is -2.23. The summed E-state index contributed by atoms with van der Waals surface area (Å²) in [4.78, 5) is 13.7. The predicted octanol–water partition coefficient (Wildman–Crippen LogP) is 6.54. The van der Waals surface area contributed by atoms with Gasteiger partial charge in [0.15, 0.2) is 0 Å². The third-order valence-corrected chi connectivity index (χ3v) is 8.83. The summed E-state index contributed by atoms with van der Waals surface area (Å²) in [6.45, 7) is 1.45. The Hall–Kier alpha value is -3.45. The van der Waals surface area contributed by atoms with E-state index >= 15 is 0 Å². The van der Waals surface area contributed by atoms with Crippen LogP contribution in [0.15, 0.2) is 76.8 Å². The Morgan fingerprint density at radius 1 is 1.05 bits per heavy atom. The topological polar surface area (TPSA) is 106 Å². The van der Waals surface area contributed by atoms with E-state index in [9.17, 15) is 12.8 Å². The van der Waals surface area contributed by atoms with Crippen molar-refractivity contribution in [3.05, 3.63) is 93.2 Å². The van der Waals surface area contributed by atoms with E-state index in [2.05, 4.69) is 36.5 Å². The molecule has 2 N–H and O–H groups in total. The van der Waals surface area contributed by atoms with Crippen molar-refractivity contribution in [2.75, 3.05) is 30.4 Å². The minimum absolute atomic E-state index is 0.145. The van der Waals surface area contributed by atoms with Crippen molar-refractivity contribution in [1.82, 2.24) is 20.3 Å². The number of anilines is 2. The fourth-order valence-electron chi connectivity index (χ4n) is 4.24. The highest BCUT2D eigenvalue weighted by Crippen LogP contribution is 2.33. The van der Waals surface area contributed by atoms with E-state index < -0.39 is 9.84 Å². The third kappa shape index (κ3) is 8.31. The number of halogens is 2. The van der Waals surface area contributed by atoms with Crippen molar-refractivity contribution >= 4 is 59.5 Å². The molecule has 0 fully saturated rings. The second-order valence-electron chi connectivity index (χ2n) is 9.75. The molecule has 0 aliphatic heterocycles. The lowest BCUT2D eigenvalue weighted by molar-refractivity contribution is 0.303. The number of sulfone groups is 1. The van der Waals surface area contributed by atoms with Gasteiger partial charge >= 0.3 is 0 Å². The van der Waals surface area contributed by atoms with E-state index in [1.807, 2.05) is 47.8 Å². The molecule has 0 aliphatic rings. The Labute approximate surface area is 256 Å². The van der Waals surface area contributed by atoms with Gasteiger partial charge in [0.25, 0.3) is 0 Å². The Kier molecular flexibility index (Phi) is 9.78. The normalized spacial score (nSPS) is 11.6. The maximum absolute atomic E-state index is 13.5. The molecule has 0 spiro atoms. The number of hydrogen-bond donors (Lipinski definition) is 2. The van der Waals surface area contributed by atoms with Crippen molar-refractivity contribution in [3.63, 3.8) is 0 Å². The van der Waals surface area contributed by atoms with Gasteiger partial charge in [-0.15, -0.1) is 11.3 Å². The summed E-state index contributed by atoms with van der Waals surface area (Å²) in [6.07, 6.45) is 4.47. The van der Waals surface area contributed by atoms with Gasteiger partial charge in [0.1, 0.15) is 40.2 Å². The van der Waals surface area contributed by atoms with Crippen molar-refractivity contribution in [1.29, 1.82) is 0 Å². The Balaban J connectivity index is 1.24. The lowest BCUT2D eigenvalue weighted by Gasteiger charge is -2.12. The van der Waals surface area contributed by atoms with E-state index in [1.54, 1.807) is 17.4 Å². The fourth-order valence-corrected chi connectivity index (χ4v) is 6.10. The monoisotopic (exact) mass is 669 g/mol. The SMILES string of the molecule is CS(=O)(=O)CCNCCCc1nc(-c2ccc3ncnc(Nc4ccc(OCc5cccc(F)c5)c(Br)c4)c3c2)cs1. The van der Waals surface area contributed by atoms with Crippen LogP contribution in [0.3, 0.4) is 0 Å². The zero-order valence-electron chi connectivity index (χ0n) is 22.8. The molecule has 0 atom stereocenters. The second kappa shape index (κ2) is 13.7. The summed E-state index contributed by atoms with van der Waals surface area (Å²) in [5.74, 6) is 1.16. The molecule has 2 heterocycles. The Morgan fingerprint density at radius 2 is 1.93 bits per heavy atom. The van der Waals surface area contributed by atoms with Crippen LogP contribution in [0.1, 0.15) is 17.0 Å². The maximum Gasteiger partial charge on any atom is 0.148 e. The van der Waals surface area contributed by atoms with Crippen LogP contribution < -0.4 is 15.4 Å². The predicted molar refractivity (Wildman–Crippen MR) is 170 cm³/mol. The van der Waals surface area contributed by atoms with Crippen LogP contribution in [0.2, 0.25) is 0 Å². The number of ether oxygens (including phenoxy) is 1. The van der Waals surface area contributed by atoms with Crippen LogP contribution in [-0.4, -0.2) is 48.5 Å². The number of nitrogens with zero attached hydrogens (tertiary/aromatic N) is 3. The average molecular weight is 671 g/mol. The van der Waals surface area contributed by atoms with Crippen LogP contribution in [0.25, 0.3) is 22.2 Å². The molecule has 8 nitrogen and oxygen atoms in total. The average Bonchev–Trinajstić information content (AvgIpc) is 3.43. The number of hydrogen-bond acceptors (Lipinski definition) is 9. The molecular formula is C30H29BrFN5O3S2. The molecule has 0 bridgehead atoms. The van der Waals surface area contributed by atoms with Gasteiger partial charge < -0.3 is 15.4 Å². The first-order valence-corrected chi connectivity index (χ1v) is 17.0. The first-order chi connectivity index (χ1) is 20.2. The summed E-state index contributed by atoms with van der Waals surface area (Å²) in [7, 11) is -2.95. The van der Waals surface area contributed by atoms with E-state index in [1.165, 1.54) is 24.7 Å². The van der Waals surface area contributed by atoms with Crippen LogP contribution in [-0.2, 0) is 22.9 Å². The summed E-state index contributed by atoms with van der Waals surface area (Å²) in [5, 5.41) is 10.5. The van der Waals surface area contributed by atoms with E-state index in [0.717, 1.165) is 62.3 Å². The second-order valence-corrected chi connectivity index (χ2v) is 13.8. The molecule has 218 valence electrons. The zero-order chi connectivity index (χ0) is 29.5. The molecule has 2 aromatic heterocycles. The van der Waals surface area contributed by atoms with Gasteiger partial charge in [0.2, 0.25) is 0 Å². The van der Waals surface area contributed by atoms with Crippen LogP contribution in [0.5, 0.6) is 5.75 Å². The molecule has 42 heavy (non-hydrogen) atoms. The van der Waals surface area contributed by atoms with Crippen molar-refractivity contribution in [2.45, 2.75) is 19.4 Å². The summed E-state index contributed by atoms with van der Waals surface area (Å²) >= 11 is 5.19. The molecule has 5 rings (SSSR count). The molecule has 0 aliphatic carbocycles. The highest BCUT2D eigenvalue weighted by atomic mass is 79.9. The fraction of sp³-hybridized carbons (Fsp3) is 0.233. The number of aromatic nitrogens is 3. The Bertz CT molecular complexity index is 1800. The van der Waals surface area contributed by atoms with Gasteiger partial charge in [-0.05, 0) is 76.9 Å². The minimum atomic E-state index is -2.95. The molecule has 5 aromatic rings. The van der Waals surface area contributed by atoms with Crippen LogP contribution >= 0.6 is 27.3 Å². The molecule has 3 aromatic carbocycles. The Morgan fingerprint density at radius 3 is 2.74 bits per heavy atom. The minimum Gasteiger partial charge on any atom is -0.488 e. The number of nitrogens with one attached hydrogen (secondary N) is 2. The number of aryl methyl sites for hydroxylation is 1. The zero-order valence-corrected chi connectivity index (χ0v) is 26.0. The largest absolute Gasteiger partial charge is 0.488 e. The van der Waals surface area contributed by atoms with Gasteiger partial charge in [-0.1, -0.05) is 18.2 Å². The van der Waals surface area contributed by atoms with E-state index in [-0.39, 0.29) is 18.2 Å². The molecule has 0 unspecified atom stereocenters. The number of rotatable bonds is 13. The van der Waals surface area contributed by atoms with Crippen molar-refractivity contribution < 1.29 is 17.5 Å². The number of benzene rings is 3. The number of thiazole rings is 1. The summed E-state index contributed by atoms with van der Waals surface area (Å²) < 4.78 is 42.6. The van der Waals surface area contributed by atoms with Crippen LogP contribution in [0.4, 0.5) is 15.9 Å². The highest BCUT2D eigenvalue weighted by molar-refractivity contribution is 9.10. The molecule has 0 saturated carbocycles. The first-order valence-electron chi connectivity index (χ1n) is 13.3. The van der Waals surface area contributed by atoms with E-state index in [4.69, 9.17) is 9.72 Å². The molecule has 0 radical (unpaired) electrons. The quantitative estimate of drug-likeness (QED) is 0.136. The molecule has 12 heteroatoms. The highest BCUT2D eigenvalue weighted by Gasteiger charge is 2.11.